The largest absolute Gasteiger partial charge is 0.285 e. The summed E-state index contributed by atoms with van der Waals surface area (Å²) in [5, 5.41) is 13.8. The second kappa shape index (κ2) is 7.03. The lowest BCUT2D eigenvalue weighted by atomic mass is 10.0. The van der Waals surface area contributed by atoms with E-state index in [0.29, 0.717) is 22.6 Å². The van der Waals surface area contributed by atoms with Crippen LogP contribution in [0, 0.1) is 5.82 Å². The van der Waals surface area contributed by atoms with Crippen molar-refractivity contribution < 1.29 is 4.39 Å². The first-order chi connectivity index (χ1) is 14.6. The van der Waals surface area contributed by atoms with E-state index in [9.17, 15) is 9.18 Å². The highest BCUT2D eigenvalue weighted by atomic mass is 35.5. The van der Waals surface area contributed by atoms with Crippen molar-refractivity contribution in [1.29, 1.82) is 0 Å². The maximum Gasteiger partial charge on any atom is 0.285 e. The fourth-order valence-electron chi connectivity index (χ4n) is 3.59. The number of halogens is 2. The number of pyridine rings is 1. The number of para-hydroxylation sites is 1. The van der Waals surface area contributed by atoms with Gasteiger partial charge in [-0.25, -0.2) is 8.91 Å². The molecule has 0 bridgehead atoms. The van der Waals surface area contributed by atoms with Gasteiger partial charge in [-0.1, -0.05) is 42.8 Å². The van der Waals surface area contributed by atoms with Crippen molar-refractivity contribution in [3.63, 3.8) is 0 Å². The molecule has 0 N–H and O–H groups in total. The Hall–Kier alpha value is -3.58. The topological polar surface area (TPSA) is 65.1 Å². The van der Waals surface area contributed by atoms with Crippen molar-refractivity contribution in [2.45, 2.75) is 13.3 Å². The van der Waals surface area contributed by atoms with Crippen molar-refractivity contribution in [2.24, 2.45) is 0 Å². The summed E-state index contributed by atoms with van der Waals surface area (Å²) in [5.74, 6) is -0.495. The fraction of sp³-hybridized carbons (Fsp3) is 0.0909. The molecule has 148 valence electrons. The van der Waals surface area contributed by atoms with E-state index in [-0.39, 0.29) is 11.2 Å². The molecule has 0 aliphatic rings. The second-order valence-corrected chi connectivity index (χ2v) is 7.23. The zero-order valence-electron chi connectivity index (χ0n) is 15.9. The van der Waals surface area contributed by atoms with Crippen LogP contribution < -0.4 is 5.56 Å². The quantitative estimate of drug-likeness (QED) is 0.433. The van der Waals surface area contributed by atoms with Gasteiger partial charge in [0.2, 0.25) is 0 Å². The third kappa shape index (κ3) is 2.78. The second-order valence-electron chi connectivity index (χ2n) is 6.79. The van der Waals surface area contributed by atoms with Gasteiger partial charge in [0, 0.05) is 11.2 Å². The first-order valence-electron chi connectivity index (χ1n) is 9.39. The third-order valence-electron chi connectivity index (χ3n) is 5.03. The van der Waals surface area contributed by atoms with E-state index in [1.165, 1.54) is 22.9 Å². The molecule has 2 aromatic carbocycles. The van der Waals surface area contributed by atoms with Crippen molar-refractivity contribution in [3.05, 3.63) is 87.7 Å². The zero-order valence-corrected chi connectivity index (χ0v) is 16.6. The van der Waals surface area contributed by atoms with E-state index < -0.39 is 11.4 Å². The van der Waals surface area contributed by atoms with E-state index in [1.807, 2.05) is 19.1 Å². The summed E-state index contributed by atoms with van der Waals surface area (Å²) in [4.78, 5) is 13.0. The normalized spacial score (nSPS) is 11.4. The van der Waals surface area contributed by atoms with Crippen LogP contribution in [0.15, 0.2) is 65.6 Å². The molecule has 6 nitrogen and oxygen atoms in total. The van der Waals surface area contributed by atoms with E-state index in [2.05, 4.69) is 15.3 Å². The highest BCUT2D eigenvalue weighted by molar-refractivity contribution is 6.30. The third-order valence-corrected chi connectivity index (χ3v) is 5.28. The van der Waals surface area contributed by atoms with Crippen LogP contribution in [0.2, 0.25) is 5.02 Å². The van der Waals surface area contributed by atoms with E-state index >= 15 is 0 Å². The van der Waals surface area contributed by atoms with Gasteiger partial charge >= 0.3 is 0 Å². The standard InChI is InChI=1S/C22H15ClFN5O/c1-2-16-19(13-7-9-14(23)10-8-13)21-26-25-20-18(29(21)27-16)11-12-28(22(20)30)17-6-4-3-5-15(17)24/h3-12H,2H2,1H3. The Bertz CT molecular complexity index is 1470. The molecular weight excluding hydrogens is 405 g/mol. The molecule has 0 fully saturated rings. The van der Waals surface area contributed by atoms with Crippen LogP contribution in [0.25, 0.3) is 33.5 Å². The van der Waals surface area contributed by atoms with Crippen LogP contribution in [-0.2, 0) is 6.42 Å². The van der Waals surface area contributed by atoms with Gasteiger partial charge in [-0.05, 0) is 42.3 Å². The van der Waals surface area contributed by atoms with Gasteiger partial charge < -0.3 is 0 Å². The average Bonchev–Trinajstić information content (AvgIpc) is 3.14. The first-order valence-corrected chi connectivity index (χ1v) is 9.76. The molecule has 5 aromatic rings. The predicted molar refractivity (Wildman–Crippen MR) is 114 cm³/mol. The van der Waals surface area contributed by atoms with Gasteiger partial charge in [0.1, 0.15) is 11.3 Å². The van der Waals surface area contributed by atoms with Gasteiger partial charge in [-0.3, -0.25) is 9.36 Å². The van der Waals surface area contributed by atoms with Crippen LogP contribution in [0.1, 0.15) is 12.6 Å². The van der Waals surface area contributed by atoms with Gasteiger partial charge in [-0.2, -0.15) is 5.10 Å². The number of hydrogen-bond acceptors (Lipinski definition) is 4. The molecule has 0 aliphatic heterocycles. The van der Waals surface area contributed by atoms with Gasteiger partial charge in [0.05, 0.1) is 16.9 Å². The minimum atomic E-state index is -0.495. The molecule has 0 radical (unpaired) electrons. The lowest BCUT2D eigenvalue weighted by molar-refractivity contribution is 0.616. The number of nitrogens with zero attached hydrogens (tertiary/aromatic N) is 5. The minimum absolute atomic E-state index is 0.112. The molecule has 0 aliphatic carbocycles. The van der Waals surface area contributed by atoms with E-state index in [4.69, 9.17) is 11.6 Å². The monoisotopic (exact) mass is 419 g/mol. The van der Waals surface area contributed by atoms with Crippen LogP contribution in [0.5, 0.6) is 0 Å². The summed E-state index contributed by atoms with van der Waals surface area (Å²) in [6.45, 7) is 2.00. The van der Waals surface area contributed by atoms with Crippen molar-refractivity contribution >= 4 is 28.3 Å². The Morgan fingerprint density at radius 1 is 1.03 bits per heavy atom. The van der Waals surface area contributed by atoms with Crippen LogP contribution in [0.4, 0.5) is 4.39 Å². The highest BCUT2D eigenvalue weighted by Crippen LogP contribution is 2.30. The molecule has 3 heterocycles. The van der Waals surface area contributed by atoms with Gasteiger partial charge in [-0.15, -0.1) is 10.2 Å². The smallest absolute Gasteiger partial charge is 0.279 e. The Labute approximate surface area is 175 Å². The summed E-state index contributed by atoms with van der Waals surface area (Å²) in [5.41, 5.74) is 3.45. The average molecular weight is 420 g/mol. The molecule has 3 aromatic heterocycles. The molecule has 5 rings (SSSR count). The maximum absolute atomic E-state index is 14.2. The number of rotatable bonds is 3. The van der Waals surface area contributed by atoms with Gasteiger partial charge in [0.25, 0.3) is 5.56 Å². The van der Waals surface area contributed by atoms with Crippen LogP contribution in [-0.4, -0.2) is 24.4 Å². The van der Waals surface area contributed by atoms with E-state index in [0.717, 1.165) is 16.8 Å². The molecule has 0 spiro atoms. The minimum Gasteiger partial charge on any atom is -0.279 e. The number of fused-ring (bicyclic) bond motifs is 3. The molecule has 0 saturated heterocycles. The number of hydrogen-bond donors (Lipinski definition) is 0. The summed E-state index contributed by atoms with van der Waals surface area (Å²) in [7, 11) is 0. The number of benzene rings is 2. The molecule has 0 atom stereocenters. The van der Waals surface area contributed by atoms with Gasteiger partial charge in [0.15, 0.2) is 11.2 Å². The Morgan fingerprint density at radius 3 is 2.53 bits per heavy atom. The molecule has 30 heavy (non-hydrogen) atoms. The highest BCUT2D eigenvalue weighted by Gasteiger charge is 2.19. The SMILES string of the molecule is CCc1nn2c(nnc3c(=O)n(-c4ccccc4F)ccc32)c1-c1ccc(Cl)cc1. The van der Waals surface area contributed by atoms with Crippen molar-refractivity contribution in [2.75, 3.05) is 0 Å². The predicted octanol–water partition coefficient (Wildman–Crippen LogP) is 4.45. The van der Waals surface area contributed by atoms with Crippen LogP contribution >= 0.6 is 11.6 Å². The molecular formula is C22H15ClFN5O. The lowest BCUT2D eigenvalue weighted by Crippen LogP contribution is -2.21. The first kappa shape index (κ1) is 18.4. The molecule has 8 heteroatoms. The van der Waals surface area contributed by atoms with Crippen molar-refractivity contribution in [1.82, 2.24) is 24.4 Å². The lowest BCUT2D eigenvalue weighted by Gasteiger charge is -2.08. The summed E-state index contributed by atoms with van der Waals surface area (Å²) < 4.78 is 17.1. The zero-order chi connectivity index (χ0) is 20.8. The molecule has 0 amide bonds. The fourth-order valence-corrected chi connectivity index (χ4v) is 3.71. The van der Waals surface area contributed by atoms with Crippen molar-refractivity contribution in [3.8, 4) is 16.8 Å². The summed E-state index contributed by atoms with van der Waals surface area (Å²) in [6, 6.07) is 15.2. The number of aryl methyl sites for hydroxylation is 1. The van der Waals surface area contributed by atoms with E-state index in [1.54, 1.807) is 34.8 Å². The number of aromatic nitrogens is 5. The summed E-state index contributed by atoms with van der Waals surface area (Å²) in [6.07, 6.45) is 2.20. The Balaban J connectivity index is 1.79. The van der Waals surface area contributed by atoms with Crippen LogP contribution in [0.3, 0.4) is 0 Å². The Kier molecular flexibility index (Phi) is 4.33. The molecule has 0 unspecified atom stereocenters. The summed E-state index contributed by atoms with van der Waals surface area (Å²) >= 11 is 6.02. The Morgan fingerprint density at radius 2 is 1.80 bits per heavy atom. The molecule has 0 saturated carbocycles. The maximum atomic E-state index is 14.2.